The van der Waals surface area contributed by atoms with Gasteiger partial charge in [-0.25, -0.2) is 0 Å². The molecule has 0 saturated carbocycles. The lowest BCUT2D eigenvalue weighted by Gasteiger charge is -2.15. The molecule has 6 N–H and O–H groups in total. The molecule has 0 saturated heterocycles. The van der Waals surface area contributed by atoms with Gasteiger partial charge in [-0.1, -0.05) is 6.92 Å². The summed E-state index contributed by atoms with van der Waals surface area (Å²) in [6.07, 6.45) is 5.15. The average Bonchev–Trinajstić information content (AvgIpc) is 2.10. The van der Waals surface area contributed by atoms with Gasteiger partial charge >= 0.3 is 0 Å². The van der Waals surface area contributed by atoms with E-state index < -0.39 is 0 Å². The van der Waals surface area contributed by atoms with Crippen molar-refractivity contribution in [2.24, 2.45) is 17.2 Å². The molecule has 3 heteroatoms. The number of rotatable bonds is 7. The van der Waals surface area contributed by atoms with Gasteiger partial charge in [0.1, 0.15) is 0 Å². The normalized spacial score (nSPS) is 18.2. The van der Waals surface area contributed by atoms with E-state index in [0.717, 1.165) is 32.1 Å². The number of hydrogen-bond acceptors (Lipinski definition) is 3. The fourth-order valence-corrected chi connectivity index (χ4v) is 1.25. The van der Waals surface area contributed by atoms with Crippen LogP contribution in [0.2, 0.25) is 0 Å². The molecule has 13 heavy (non-hydrogen) atoms. The summed E-state index contributed by atoms with van der Waals surface area (Å²) >= 11 is 0. The lowest BCUT2D eigenvalue weighted by Crippen LogP contribution is -2.27. The van der Waals surface area contributed by atoms with E-state index in [9.17, 15) is 0 Å². The van der Waals surface area contributed by atoms with Crippen LogP contribution in [0.4, 0.5) is 0 Å². The zero-order valence-electron chi connectivity index (χ0n) is 9.00. The highest BCUT2D eigenvalue weighted by Gasteiger charge is 2.06. The second-order valence-corrected chi connectivity index (χ2v) is 4.06. The Balaban J connectivity index is 3.34. The van der Waals surface area contributed by atoms with Gasteiger partial charge in [-0.05, 0) is 39.0 Å². The minimum atomic E-state index is 0.269. The Labute approximate surface area is 82.0 Å². The Morgan fingerprint density at radius 2 is 1.31 bits per heavy atom. The van der Waals surface area contributed by atoms with Crippen molar-refractivity contribution in [2.45, 2.75) is 64.1 Å². The van der Waals surface area contributed by atoms with Crippen LogP contribution in [0, 0.1) is 0 Å². The molecule has 0 amide bonds. The highest BCUT2D eigenvalue weighted by atomic mass is 14.7. The quantitative estimate of drug-likeness (QED) is 0.555. The van der Waals surface area contributed by atoms with E-state index in [1.54, 1.807) is 0 Å². The van der Waals surface area contributed by atoms with Crippen molar-refractivity contribution in [3.8, 4) is 0 Å². The summed E-state index contributed by atoms with van der Waals surface area (Å²) in [6, 6.07) is 0.871. The van der Waals surface area contributed by atoms with Crippen LogP contribution in [0.1, 0.15) is 46.0 Å². The average molecular weight is 187 g/mol. The van der Waals surface area contributed by atoms with Crippen LogP contribution in [0.3, 0.4) is 0 Å². The zero-order valence-corrected chi connectivity index (χ0v) is 9.00. The molecular formula is C10H25N3. The van der Waals surface area contributed by atoms with Crippen LogP contribution in [0.15, 0.2) is 0 Å². The van der Waals surface area contributed by atoms with Gasteiger partial charge in [-0.3, -0.25) is 0 Å². The van der Waals surface area contributed by atoms with Crippen molar-refractivity contribution in [3.05, 3.63) is 0 Å². The summed E-state index contributed by atoms with van der Waals surface area (Å²) in [4.78, 5) is 0. The maximum absolute atomic E-state index is 5.91. The first-order chi connectivity index (χ1) is 6.06. The molecule has 0 heterocycles. The van der Waals surface area contributed by atoms with Gasteiger partial charge in [0.2, 0.25) is 0 Å². The Kier molecular flexibility index (Phi) is 7.23. The maximum atomic E-state index is 5.91. The smallest absolute Gasteiger partial charge is 0.00399 e. The van der Waals surface area contributed by atoms with Crippen LogP contribution < -0.4 is 17.2 Å². The Morgan fingerprint density at radius 1 is 0.846 bits per heavy atom. The lowest BCUT2D eigenvalue weighted by molar-refractivity contribution is 0.466. The summed E-state index contributed by atoms with van der Waals surface area (Å²) in [7, 11) is 0. The third kappa shape index (κ3) is 8.22. The molecular weight excluding hydrogens is 162 g/mol. The molecule has 0 radical (unpaired) electrons. The summed E-state index contributed by atoms with van der Waals surface area (Å²) in [6.45, 7) is 4.13. The monoisotopic (exact) mass is 187 g/mol. The largest absolute Gasteiger partial charge is 0.328 e. The van der Waals surface area contributed by atoms with Crippen LogP contribution >= 0.6 is 0 Å². The van der Waals surface area contributed by atoms with E-state index in [0.29, 0.717) is 6.04 Å². The first-order valence-corrected chi connectivity index (χ1v) is 5.33. The highest BCUT2D eigenvalue weighted by Crippen LogP contribution is 2.06. The predicted molar refractivity (Wildman–Crippen MR) is 58.4 cm³/mol. The fraction of sp³-hybridized carbons (Fsp3) is 1.00. The molecule has 0 aliphatic carbocycles. The molecule has 0 spiro atoms. The Hall–Kier alpha value is -0.120. The van der Waals surface area contributed by atoms with Gasteiger partial charge < -0.3 is 17.2 Å². The van der Waals surface area contributed by atoms with Crippen LogP contribution in [0.25, 0.3) is 0 Å². The van der Waals surface area contributed by atoms with Gasteiger partial charge in [0, 0.05) is 18.1 Å². The van der Waals surface area contributed by atoms with Gasteiger partial charge in [0.05, 0.1) is 0 Å². The molecule has 0 aromatic carbocycles. The van der Waals surface area contributed by atoms with E-state index in [-0.39, 0.29) is 12.1 Å². The van der Waals surface area contributed by atoms with Crippen molar-refractivity contribution >= 4 is 0 Å². The summed E-state index contributed by atoms with van der Waals surface area (Å²) in [5, 5.41) is 0. The Bertz CT molecular complexity index is 115. The number of hydrogen-bond donors (Lipinski definition) is 3. The summed E-state index contributed by atoms with van der Waals surface area (Å²) in [5.41, 5.74) is 17.4. The minimum Gasteiger partial charge on any atom is -0.328 e. The van der Waals surface area contributed by atoms with Crippen molar-refractivity contribution < 1.29 is 0 Å². The van der Waals surface area contributed by atoms with Crippen LogP contribution in [-0.4, -0.2) is 18.1 Å². The second-order valence-electron chi connectivity index (χ2n) is 4.06. The van der Waals surface area contributed by atoms with E-state index in [2.05, 4.69) is 6.92 Å². The van der Waals surface area contributed by atoms with Crippen molar-refractivity contribution in [1.82, 2.24) is 0 Å². The summed E-state index contributed by atoms with van der Waals surface area (Å²) < 4.78 is 0. The standard InChI is InChI=1S/C10H25N3/c1-3-9(12)6-7-10(13)5-4-8(2)11/h8-10H,3-7,11-13H2,1-2H3. The lowest BCUT2D eigenvalue weighted by atomic mass is 10.0. The summed E-state index contributed by atoms with van der Waals surface area (Å²) in [5.74, 6) is 0. The molecule has 0 aromatic rings. The molecule has 0 fully saturated rings. The van der Waals surface area contributed by atoms with Crippen LogP contribution in [0.5, 0.6) is 0 Å². The first kappa shape index (κ1) is 12.9. The van der Waals surface area contributed by atoms with Gasteiger partial charge in [0.25, 0.3) is 0 Å². The third-order valence-corrected chi connectivity index (χ3v) is 2.43. The van der Waals surface area contributed by atoms with Gasteiger partial charge in [0.15, 0.2) is 0 Å². The SMILES string of the molecule is CCC(N)CCC(N)CCC(C)N. The van der Waals surface area contributed by atoms with E-state index in [1.807, 2.05) is 6.92 Å². The van der Waals surface area contributed by atoms with E-state index in [4.69, 9.17) is 17.2 Å². The van der Waals surface area contributed by atoms with Crippen LogP contribution in [-0.2, 0) is 0 Å². The third-order valence-electron chi connectivity index (χ3n) is 2.43. The molecule has 0 bridgehead atoms. The second kappa shape index (κ2) is 7.30. The molecule has 3 atom stereocenters. The molecule has 0 rings (SSSR count). The number of nitrogens with two attached hydrogens (primary N) is 3. The van der Waals surface area contributed by atoms with E-state index in [1.165, 1.54) is 0 Å². The van der Waals surface area contributed by atoms with E-state index >= 15 is 0 Å². The molecule has 0 aliphatic heterocycles. The zero-order chi connectivity index (χ0) is 10.3. The molecule has 3 nitrogen and oxygen atoms in total. The van der Waals surface area contributed by atoms with Crippen molar-refractivity contribution in [2.75, 3.05) is 0 Å². The highest BCUT2D eigenvalue weighted by molar-refractivity contribution is 4.68. The first-order valence-electron chi connectivity index (χ1n) is 5.33. The van der Waals surface area contributed by atoms with Gasteiger partial charge in [-0.2, -0.15) is 0 Å². The van der Waals surface area contributed by atoms with Crippen molar-refractivity contribution in [3.63, 3.8) is 0 Å². The Morgan fingerprint density at radius 3 is 1.77 bits per heavy atom. The molecule has 80 valence electrons. The van der Waals surface area contributed by atoms with Crippen molar-refractivity contribution in [1.29, 1.82) is 0 Å². The van der Waals surface area contributed by atoms with Gasteiger partial charge in [-0.15, -0.1) is 0 Å². The minimum absolute atomic E-state index is 0.269. The maximum Gasteiger partial charge on any atom is 0.00399 e. The molecule has 0 aliphatic rings. The topological polar surface area (TPSA) is 78.1 Å². The fourth-order valence-electron chi connectivity index (χ4n) is 1.25. The molecule has 0 aromatic heterocycles. The predicted octanol–water partition coefficient (Wildman–Crippen LogP) is 0.959. The molecule has 3 unspecified atom stereocenters.